The van der Waals surface area contributed by atoms with Gasteiger partial charge in [-0.05, 0) is 146 Å². The monoisotopic (exact) mass is 686 g/mol. The second-order valence-corrected chi connectivity index (χ2v) is 15.6. The lowest BCUT2D eigenvalue weighted by Crippen LogP contribution is -2.36. The van der Waals surface area contributed by atoms with Crippen LogP contribution in [-0.2, 0) is 5.41 Å². The second-order valence-electron chi connectivity index (χ2n) is 15.6. The summed E-state index contributed by atoms with van der Waals surface area (Å²) in [7, 11) is 0. The van der Waals surface area contributed by atoms with Gasteiger partial charge in [0.15, 0.2) is 0 Å². The lowest BCUT2D eigenvalue weighted by molar-refractivity contribution is 0.455. The summed E-state index contributed by atoms with van der Waals surface area (Å²) in [5, 5.41) is 0. The molecule has 6 aliphatic carbocycles. The first-order chi connectivity index (χ1) is 26.1. The van der Waals surface area contributed by atoms with Crippen LogP contribution in [-0.4, -0.2) is 0 Å². The highest BCUT2D eigenvalue weighted by Gasteiger charge is 2.59. The maximum Gasteiger partial charge on any atom is 0.0532 e. The minimum Gasteiger partial charge on any atom is -0.315 e. The van der Waals surface area contributed by atoms with Gasteiger partial charge in [-0.1, -0.05) is 109 Å². The average Bonchev–Trinajstić information content (AvgIpc) is 3.66. The Kier molecular flexibility index (Phi) is 7.76. The van der Waals surface area contributed by atoms with E-state index >= 15 is 0 Å². The van der Waals surface area contributed by atoms with Crippen molar-refractivity contribution in [1.29, 1.82) is 0 Å². The van der Waals surface area contributed by atoms with Crippen LogP contribution >= 0.6 is 0 Å². The minimum atomic E-state index is -0.269. The molecule has 0 aliphatic heterocycles. The highest BCUT2D eigenvalue weighted by Crippen LogP contribution is 2.67. The molecular weight excluding hydrogens is 641 g/mol. The maximum absolute atomic E-state index is 2.65. The van der Waals surface area contributed by atoms with Gasteiger partial charge in [0.25, 0.3) is 0 Å². The van der Waals surface area contributed by atoms with E-state index in [1.54, 1.807) is 11.1 Å². The van der Waals surface area contributed by atoms with Crippen molar-refractivity contribution in [3.05, 3.63) is 219 Å². The van der Waals surface area contributed by atoms with E-state index in [9.17, 15) is 0 Å². The molecule has 3 atom stereocenters. The Bertz CT molecular complexity index is 2380. The molecule has 53 heavy (non-hydrogen) atoms. The van der Waals surface area contributed by atoms with Crippen molar-refractivity contribution in [3.8, 4) is 0 Å². The van der Waals surface area contributed by atoms with Crippen LogP contribution in [0.2, 0.25) is 0 Å². The summed E-state index contributed by atoms with van der Waals surface area (Å²) < 4.78 is 0. The zero-order valence-corrected chi connectivity index (χ0v) is 30.8. The molecule has 4 aromatic rings. The van der Waals surface area contributed by atoms with Crippen molar-refractivity contribution in [2.24, 2.45) is 5.92 Å². The molecule has 0 saturated carbocycles. The van der Waals surface area contributed by atoms with Gasteiger partial charge in [0, 0.05) is 46.0 Å². The Balaban J connectivity index is 1.20. The number of hydrogen-bond donors (Lipinski definition) is 0. The normalized spacial score (nSPS) is 23.8. The predicted octanol–water partition coefficient (Wildman–Crippen LogP) is 13.0. The molecule has 0 fully saturated rings. The van der Waals surface area contributed by atoms with Crippen LogP contribution in [0.25, 0.3) is 0 Å². The molecule has 2 nitrogen and oxygen atoms in total. The quantitative estimate of drug-likeness (QED) is 0.199. The Morgan fingerprint density at radius 2 is 1.19 bits per heavy atom. The summed E-state index contributed by atoms with van der Waals surface area (Å²) >= 11 is 0. The highest BCUT2D eigenvalue weighted by molar-refractivity contribution is 5.78. The van der Waals surface area contributed by atoms with Crippen molar-refractivity contribution in [2.45, 2.75) is 63.7 Å². The number of allylic oxidation sites excluding steroid dienone is 15. The van der Waals surface area contributed by atoms with Gasteiger partial charge in [-0.3, -0.25) is 0 Å². The SMILES string of the molecule is CC1=CC(N(C2=CC3=C(CC2)C2=C(C=C(N(c4ccccc4)c4cccc(C)c4)CC2)[C@]32c3ccccc3C3C=CC=CC32)c2ccccc2)=CCC1. The molecule has 0 saturated heterocycles. The minimum absolute atomic E-state index is 0.269. The molecule has 0 radical (unpaired) electrons. The van der Waals surface area contributed by atoms with Crippen molar-refractivity contribution in [3.63, 3.8) is 0 Å². The van der Waals surface area contributed by atoms with Crippen molar-refractivity contribution >= 4 is 17.1 Å². The van der Waals surface area contributed by atoms with Crippen LogP contribution in [0.4, 0.5) is 17.1 Å². The zero-order chi connectivity index (χ0) is 35.5. The second kappa shape index (κ2) is 12.8. The van der Waals surface area contributed by atoms with Crippen molar-refractivity contribution < 1.29 is 0 Å². The highest BCUT2D eigenvalue weighted by atomic mass is 15.2. The molecule has 0 heterocycles. The molecule has 260 valence electrons. The summed E-state index contributed by atoms with van der Waals surface area (Å²) in [4.78, 5) is 5.10. The molecule has 0 aromatic heterocycles. The number of benzene rings is 4. The van der Waals surface area contributed by atoms with Gasteiger partial charge < -0.3 is 9.80 Å². The molecule has 4 aromatic carbocycles. The lowest BCUT2D eigenvalue weighted by Gasteiger charge is -2.41. The van der Waals surface area contributed by atoms with Gasteiger partial charge in [-0.25, -0.2) is 0 Å². The van der Waals surface area contributed by atoms with Gasteiger partial charge in [-0.15, -0.1) is 0 Å². The number of fused-ring (bicyclic) bond motifs is 8. The van der Waals surface area contributed by atoms with E-state index in [4.69, 9.17) is 0 Å². The standard InChI is InChI=1S/C51H46N2/c1-35-15-13-21-39(31-35)52(37-17-5-3-6-18-37)41-27-29-45-46-30-28-42(53(38-19-7-4-8-20-38)40-22-14-16-36(2)32-40)34-50(46)51(49(45)33-41)47-25-11-9-23-43(47)44-24-10-12-26-48(44)51/h3-13,15,17-26,31-34,43,47H,14,16,27-30H2,1-2H3/t43?,47?,51-/m0/s1. The van der Waals surface area contributed by atoms with Crippen LogP contribution in [0, 0.1) is 12.8 Å². The third-order valence-corrected chi connectivity index (χ3v) is 12.5. The molecule has 10 rings (SSSR count). The Hall–Kier alpha value is -5.60. The summed E-state index contributed by atoms with van der Waals surface area (Å²) in [5.41, 5.74) is 19.4. The van der Waals surface area contributed by atoms with Crippen molar-refractivity contribution in [2.75, 3.05) is 9.80 Å². The summed E-state index contributed by atoms with van der Waals surface area (Å²) in [6, 6.07) is 40.5. The third kappa shape index (κ3) is 5.06. The molecule has 6 aliphatic rings. The van der Waals surface area contributed by atoms with Gasteiger partial charge in [0.05, 0.1) is 5.41 Å². The fourth-order valence-corrected chi connectivity index (χ4v) is 10.4. The number of hydrogen-bond acceptors (Lipinski definition) is 2. The average molecular weight is 687 g/mol. The first kappa shape index (κ1) is 32.1. The first-order valence-electron chi connectivity index (χ1n) is 19.6. The van der Waals surface area contributed by atoms with E-state index in [0.29, 0.717) is 11.8 Å². The smallest absolute Gasteiger partial charge is 0.0532 e. The van der Waals surface area contributed by atoms with E-state index in [1.807, 2.05) is 0 Å². The zero-order valence-electron chi connectivity index (χ0n) is 30.8. The Morgan fingerprint density at radius 1 is 0.566 bits per heavy atom. The maximum atomic E-state index is 2.65. The molecular formula is C51H46N2. The third-order valence-electron chi connectivity index (χ3n) is 12.5. The fourth-order valence-electron chi connectivity index (χ4n) is 10.4. The van der Waals surface area contributed by atoms with Crippen LogP contribution in [0.5, 0.6) is 0 Å². The Morgan fingerprint density at radius 3 is 1.89 bits per heavy atom. The van der Waals surface area contributed by atoms with Crippen LogP contribution in [0.3, 0.4) is 0 Å². The molecule has 0 amide bonds. The molecule has 2 unspecified atom stereocenters. The topological polar surface area (TPSA) is 6.48 Å². The largest absolute Gasteiger partial charge is 0.315 e. The number of rotatable bonds is 6. The van der Waals surface area contributed by atoms with Crippen molar-refractivity contribution in [1.82, 2.24) is 0 Å². The molecule has 1 spiro atoms. The summed E-state index contributed by atoms with van der Waals surface area (Å²) in [6.07, 6.45) is 26.1. The van der Waals surface area contributed by atoms with E-state index < -0.39 is 0 Å². The fraction of sp³-hybridized carbons (Fsp3) is 0.216. The predicted molar refractivity (Wildman–Crippen MR) is 221 cm³/mol. The van der Waals surface area contributed by atoms with Crippen LogP contribution in [0.15, 0.2) is 203 Å². The number of para-hydroxylation sites is 2. The molecule has 0 bridgehead atoms. The van der Waals surface area contributed by atoms with Crippen LogP contribution < -0.4 is 9.80 Å². The van der Waals surface area contributed by atoms with Crippen LogP contribution in [0.1, 0.15) is 68.1 Å². The van der Waals surface area contributed by atoms with Gasteiger partial charge in [0.2, 0.25) is 0 Å². The molecule has 0 N–H and O–H groups in total. The van der Waals surface area contributed by atoms with E-state index in [-0.39, 0.29) is 5.41 Å². The van der Waals surface area contributed by atoms with E-state index in [0.717, 1.165) is 38.5 Å². The number of aryl methyl sites for hydroxylation is 1. The van der Waals surface area contributed by atoms with Gasteiger partial charge in [0.1, 0.15) is 0 Å². The van der Waals surface area contributed by atoms with E-state index in [1.165, 1.54) is 67.6 Å². The van der Waals surface area contributed by atoms with Gasteiger partial charge >= 0.3 is 0 Å². The first-order valence-corrected chi connectivity index (χ1v) is 19.6. The molecule has 2 heteroatoms. The Labute approximate surface area is 314 Å². The lowest BCUT2D eigenvalue weighted by atomic mass is 9.63. The number of nitrogens with zero attached hydrogens (tertiary/aromatic N) is 2. The van der Waals surface area contributed by atoms with E-state index in [2.05, 4.69) is 181 Å². The summed E-state index contributed by atoms with van der Waals surface area (Å²) in [5.74, 6) is 0.646. The number of anilines is 3. The summed E-state index contributed by atoms with van der Waals surface area (Å²) in [6.45, 7) is 4.49. The van der Waals surface area contributed by atoms with Gasteiger partial charge in [-0.2, -0.15) is 0 Å².